The lowest BCUT2D eigenvalue weighted by Gasteiger charge is -2.37. The number of nitrogens with zero attached hydrogens (tertiary/aromatic N) is 5. The summed E-state index contributed by atoms with van der Waals surface area (Å²) in [6.45, 7) is 4.21. The molecule has 0 bridgehead atoms. The predicted molar refractivity (Wildman–Crippen MR) is 147 cm³/mol. The number of hydrogen-bond donors (Lipinski definition) is 0. The van der Waals surface area contributed by atoms with E-state index in [-0.39, 0.29) is 17.8 Å². The number of fused-ring (bicyclic) bond motifs is 3. The van der Waals surface area contributed by atoms with Crippen molar-refractivity contribution in [2.45, 2.75) is 39.2 Å². The number of rotatable bonds is 7. The second kappa shape index (κ2) is 10.1. The zero-order chi connectivity index (χ0) is 27.9. The molecule has 0 saturated carbocycles. The van der Waals surface area contributed by atoms with Crippen LogP contribution in [0.3, 0.4) is 0 Å². The van der Waals surface area contributed by atoms with Gasteiger partial charge in [0, 0.05) is 24.3 Å². The van der Waals surface area contributed by atoms with Crippen molar-refractivity contribution < 1.29 is 23.8 Å². The maximum Gasteiger partial charge on any atom is 0.228 e. The van der Waals surface area contributed by atoms with Gasteiger partial charge in [-0.1, -0.05) is 31.1 Å². The summed E-state index contributed by atoms with van der Waals surface area (Å²) in [7, 11) is 3.25. The fourth-order valence-electron chi connectivity index (χ4n) is 5.26. The third-order valence-corrected chi connectivity index (χ3v) is 7.14. The minimum absolute atomic E-state index is 0.0538. The standard InChI is InChI=1S/C30H29N5O5/c1-30(2)13-22(36)26-23(14-30)40-29-27(25(26)19-7-11-21(38-4)12-8-19)28-33-24(34-35(28)17-31-29)16-39-32-15-18-5-9-20(37-3)10-6-18/h5-12,15,17,25H,13-14,16H2,1-4H3/b32-15-/t25-/m1/s1. The summed E-state index contributed by atoms with van der Waals surface area (Å²) in [6.07, 6.45) is 4.25. The highest BCUT2D eigenvalue weighted by molar-refractivity contribution is 6.00. The van der Waals surface area contributed by atoms with Crippen LogP contribution in [0.2, 0.25) is 0 Å². The van der Waals surface area contributed by atoms with Crippen molar-refractivity contribution >= 4 is 17.6 Å². The van der Waals surface area contributed by atoms with E-state index in [0.717, 1.165) is 22.6 Å². The van der Waals surface area contributed by atoms with Crippen LogP contribution in [-0.4, -0.2) is 45.8 Å². The van der Waals surface area contributed by atoms with Crippen LogP contribution < -0.4 is 14.2 Å². The molecule has 10 heteroatoms. The summed E-state index contributed by atoms with van der Waals surface area (Å²) in [5, 5.41) is 8.59. The van der Waals surface area contributed by atoms with Gasteiger partial charge in [0.2, 0.25) is 5.88 Å². The van der Waals surface area contributed by atoms with Crippen molar-refractivity contribution in [2.24, 2.45) is 10.6 Å². The Balaban J connectivity index is 1.35. The highest BCUT2D eigenvalue weighted by Crippen LogP contribution is 2.50. The normalized spacial score (nSPS) is 17.9. The number of Topliss-reactive ketones (excluding diaryl/α,β-unsaturated/α-hetero) is 1. The zero-order valence-corrected chi connectivity index (χ0v) is 22.7. The second-order valence-corrected chi connectivity index (χ2v) is 10.6. The molecule has 0 radical (unpaired) electrons. The van der Waals surface area contributed by atoms with Gasteiger partial charge in [-0.2, -0.15) is 0 Å². The SMILES string of the molecule is COc1ccc(/C=N\OCc2nc3c4c(ncn3n2)OC2=C(C(=O)CC(C)(C)C2)[C@H]4c2ccc(OC)cc2)cc1. The van der Waals surface area contributed by atoms with Crippen molar-refractivity contribution in [1.29, 1.82) is 0 Å². The summed E-state index contributed by atoms with van der Waals surface area (Å²) >= 11 is 0. The van der Waals surface area contributed by atoms with Crippen LogP contribution in [-0.2, 0) is 16.2 Å². The maximum absolute atomic E-state index is 13.6. The first-order valence-corrected chi connectivity index (χ1v) is 13.0. The van der Waals surface area contributed by atoms with E-state index in [0.29, 0.717) is 47.1 Å². The quantitative estimate of drug-likeness (QED) is 0.242. The Labute approximate surface area is 231 Å². The maximum atomic E-state index is 13.6. The summed E-state index contributed by atoms with van der Waals surface area (Å²) in [5.74, 6) is 2.67. The van der Waals surface area contributed by atoms with Crippen LogP contribution in [0.5, 0.6) is 17.4 Å². The Morgan fingerprint density at radius 3 is 2.45 bits per heavy atom. The van der Waals surface area contributed by atoms with E-state index in [1.54, 1.807) is 31.3 Å². The van der Waals surface area contributed by atoms with Gasteiger partial charge >= 0.3 is 0 Å². The number of ketones is 1. The van der Waals surface area contributed by atoms with E-state index >= 15 is 0 Å². The van der Waals surface area contributed by atoms with Crippen molar-refractivity contribution in [1.82, 2.24) is 19.6 Å². The van der Waals surface area contributed by atoms with E-state index in [4.69, 9.17) is 24.0 Å². The van der Waals surface area contributed by atoms with Gasteiger partial charge in [-0.05, 0) is 52.9 Å². The molecule has 6 rings (SSSR count). The lowest BCUT2D eigenvalue weighted by atomic mass is 9.70. The van der Waals surface area contributed by atoms with Crippen molar-refractivity contribution in [2.75, 3.05) is 14.2 Å². The van der Waals surface area contributed by atoms with Gasteiger partial charge in [0.1, 0.15) is 23.6 Å². The molecule has 2 aromatic carbocycles. The number of carbonyl (C=O) groups excluding carboxylic acids is 1. The zero-order valence-electron chi connectivity index (χ0n) is 22.7. The Morgan fingerprint density at radius 2 is 1.75 bits per heavy atom. The molecule has 0 fully saturated rings. The summed E-state index contributed by atoms with van der Waals surface area (Å²) in [4.78, 5) is 28.4. The average molecular weight is 540 g/mol. The molecule has 2 aliphatic rings. The van der Waals surface area contributed by atoms with Crippen LogP contribution in [0.1, 0.15) is 55.1 Å². The van der Waals surface area contributed by atoms with E-state index in [1.807, 2.05) is 48.5 Å². The summed E-state index contributed by atoms with van der Waals surface area (Å²) in [6, 6.07) is 15.2. The topological polar surface area (TPSA) is 109 Å². The van der Waals surface area contributed by atoms with E-state index in [9.17, 15) is 4.79 Å². The molecule has 1 atom stereocenters. The van der Waals surface area contributed by atoms with Crippen LogP contribution in [0.15, 0.2) is 71.3 Å². The van der Waals surface area contributed by atoms with Gasteiger partial charge in [0.15, 0.2) is 23.9 Å². The first kappa shape index (κ1) is 25.5. The monoisotopic (exact) mass is 539 g/mol. The number of aromatic nitrogens is 4. The van der Waals surface area contributed by atoms with Gasteiger partial charge in [0.05, 0.1) is 26.0 Å². The number of hydrogen-bond acceptors (Lipinski definition) is 9. The number of benzene rings is 2. The largest absolute Gasteiger partial charge is 0.497 e. The highest BCUT2D eigenvalue weighted by atomic mass is 16.6. The molecular weight excluding hydrogens is 510 g/mol. The van der Waals surface area contributed by atoms with E-state index in [1.165, 1.54) is 0 Å². The molecule has 2 aromatic heterocycles. The molecule has 40 heavy (non-hydrogen) atoms. The predicted octanol–water partition coefficient (Wildman–Crippen LogP) is 4.86. The fraction of sp³-hybridized carbons (Fsp3) is 0.300. The van der Waals surface area contributed by atoms with Gasteiger partial charge < -0.3 is 19.0 Å². The minimum Gasteiger partial charge on any atom is -0.497 e. The lowest BCUT2D eigenvalue weighted by Crippen LogP contribution is -2.33. The average Bonchev–Trinajstić information content (AvgIpc) is 3.37. The molecule has 0 unspecified atom stereocenters. The number of allylic oxidation sites excluding steroid dienone is 2. The highest BCUT2D eigenvalue weighted by Gasteiger charge is 2.44. The minimum atomic E-state index is -0.407. The van der Waals surface area contributed by atoms with Crippen molar-refractivity contribution in [3.8, 4) is 17.4 Å². The van der Waals surface area contributed by atoms with Gasteiger partial charge in [0.25, 0.3) is 0 Å². The molecule has 0 amide bonds. The number of methoxy groups -OCH3 is 2. The first-order chi connectivity index (χ1) is 19.3. The smallest absolute Gasteiger partial charge is 0.228 e. The molecule has 3 heterocycles. The summed E-state index contributed by atoms with van der Waals surface area (Å²) < 4.78 is 18.4. The molecule has 204 valence electrons. The first-order valence-electron chi connectivity index (χ1n) is 13.0. The Morgan fingerprint density at radius 1 is 1.05 bits per heavy atom. The number of oxime groups is 1. The molecule has 0 N–H and O–H groups in total. The third kappa shape index (κ3) is 4.76. The van der Waals surface area contributed by atoms with Crippen LogP contribution in [0.25, 0.3) is 5.65 Å². The third-order valence-electron chi connectivity index (χ3n) is 7.14. The Kier molecular flexibility index (Phi) is 6.45. The fourth-order valence-corrected chi connectivity index (χ4v) is 5.26. The molecular formula is C30H29N5O5. The van der Waals surface area contributed by atoms with Gasteiger partial charge in [-0.15, -0.1) is 5.10 Å². The molecule has 4 aromatic rings. The molecule has 1 aliphatic carbocycles. The Hall–Kier alpha value is -4.73. The molecule has 0 spiro atoms. The molecule has 1 aliphatic heterocycles. The van der Waals surface area contributed by atoms with Crippen molar-refractivity contribution in [3.05, 3.63) is 88.7 Å². The number of ether oxygens (including phenoxy) is 3. The van der Waals surface area contributed by atoms with Crippen LogP contribution in [0.4, 0.5) is 0 Å². The van der Waals surface area contributed by atoms with E-state index in [2.05, 4.69) is 29.1 Å². The van der Waals surface area contributed by atoms with Crippen LogP contribution in [0, 0.1) is 5.41 Å². The van der Waals surface area contributed by atoms with Gasteiger partial charge in [-0.25, -0.2) is 14.5 Å². The van der Waals surface area contributed by atoms with Crippen molar-refractivity contribution in [3.63, 3.8) is 0 Å². The second-order valence-electron chi connectivity index (χ2n) is 10.6. The Bertz CT molecular complexity index is 1640. The number of carbonyl (C=O) groups is 1. The van der Waals surface area contributed by atoms with Crippen LogP contribution >= 0.6 is 0 Å². The lowest BCUT2D eigenvalue weighted by molar-refractivity contribution is -0.118. The van der Waals surface area contributed by atoms with E-state index < -0.39 is 5.92 Å². The summed E-state index contributed by atoms with van der Waals surface area (Å²) in [5.41, 5.74) is 3.48. The molecule has 0 saturated heterocycles. The molecule has 10 nitrogen and oxygen atoms in total. The van der Waals surface area contributed by atoms with Gasteiger partial charge in [-0.3, -0.25) is 4.79 Å².